The number of unbranched alkanes of at least 4 members (excludes halogenated alkanes) is 35. The maximum absolute atomic E-state index is 3.79. The van der Waals surface area contributed by atoms with Crippen molar-refractivity contribution in [1.82, 2.24) is 4.98 Å². The van der Waals surface area contributed by atoms with E-state index in [9.17, 15) is 0 Å². The summed E-state index contributed by atoms with van der Waals surface area (Å²) in [6, 6.07) is 0.616. The van der Waals surface area contributed by atoms with Gasteiger partial charge >= 0.3 is 0 Å². The minimum Gasteiger partial charge on any atom is -0.247 e. The predicted molar refractivity (Wildman–Crippen MR) is 235 cm³/mol. The fraction of sp³-hybridized carbons (Fsp3) is 0.940. The second-order valence-corrected chi connectivity index (χ2v) is 17.5. The number of aromatic amines is 1. The van der Waals surface area contributed by atoms with E-state index in [0.29, 0.717) is 12.0 Å². The lowest BCUT2D eigenvalue weighted by molar-refractivity contribution is -0.727. The van der Waals surface area contributed by atoms with Gasteiger partial charge in [0, 0.05) is 0 Å². The maximum atomic E-state index is 3.79. The molecule has 2 nitrogen and oxygen atoms in total. The summed E-state index contributed by atoms with van der Waals surface area (Å²) in [5, 5.41) is 0. The lowest BCUT2D eigenvalue weighted by Crippen LogP contribution is -2.41. The molecule has 0 bridgehead atoms. The molecule has 308 valence electrons. The Balaban J connectivity index is 2.36. The van der Waals surface area contributed by atoms with Crippen molar-refractivity contribution in [2.45, 2.75) is 303 Å². The van der Waals surface area contributed by atoms with Crippen LogP contribution in [-0.2, 0) is 0 Å². The van der Waals surface area contributed by atoms with Gasteiger partial charge in [-0.1, -0.05) is 258 Å². The van der Waals surface area contributed by atoms with E-state index in [0.717, 1.165) is 0 Å². The first-order valence-corrected chi connectivity index (χ1v) is 24.8. The van der Waals surface area contributed by atoms with Crippen molar-refractivity contribution in [2.75, 3.05) is 0 Å². The summed E-state index contributed by atoms with van der Waals surface area (Å²) in [7, 11) is 0. The summed E-state index contributed by atoms with van der Waals surface area (Å²) in [5.41, 5.74) is 0. The molecule has 52 heavy (non-hydrogen) atoms. The van der Waals surface area contributed by atoms with E-state index < -0.39 is 0 Å². The first kappa shape index (κ1) is 49.2. The molecule has 2 unspecified atom stereocenters. The molecule has 0 fully saturated rings. The van der Waals surface area contributed by atoms with Gasteiger partial charge in [0.1, 0.15) is 12.4 Å². The van der Waals surface area contributed by atoms with Crippen LogP contribution >= 0.6 is 0 Å². The number of aromatic nitrogens is 2. The second-order valence-electron chi connectivity index (χ2n) is 17.5. The fourth-order valence-corrected chi connectivity index (χ4v) is 8.73. The van der Waals surface area contributed by atoms with Crippen molar-refractivity contribution in [3.05, 3.63) is 18.2 Å². The third-order valence-corrected chi connectivity index (χ3v) is 12.4. The molecule has 0 aliphatic rings. The Hall–Kier alpha value is -0.790. The highest BCUT2D eigenvalue weighted by atomic mass is 15.1. The van der Waals surface area contributed by atoms with Crippen LogP contribution in [0.1, 0.15) is 309 Å². The number of hydrogen-bond donors (Lipinski definition) is 1. The number of H-pyrrole nitrogens is 1. The lowest BCUT2D eigenvalue weighted by Gasteiger charge is -2.17. The van der Waals surface area contributed by atoms with Crippen molar-refractivity contribution in [3.63, 3.8) is 0 Å². The molecule has 0 spiro atoms. The van der Waals surface area contributed by atoms with E-state index in [1.807, 2.05) is 0 Å². The van der Waals surface area contributed by atoms with Gasteiger partial charge in [-0.2, -0.15) is 0 Å². The molecule has 1 heterocycles. The SMILES string of the molecule is CCCCCCCCCCCCCCCCCC(CCCCCCCCCCCCC)c1[nH]cc[n+]1C(C)CCCCCCCCCCCCCC. The Kier molecular flexibility index (Phi) is 37.8. The summed E-state index contributed by atoms with van der Waals surface area (Å²) in [4.78, 5) is 3.79. The predicted octanol–water partition coefficient (Wildman–Crippen LogP) is 18.0. The third-order valence-electron chi connectivity index (χ3n) is 12.4. The molecule has 0 aliphatic heterocycles. The summed E-state index contributed by atoms with van der Waals surface area (Å²) in [6.07, 6.45) is 63.6. The topological polar surface area (TPSA) is 19.7 Å². The number of rotatable bonds is 43. The van der Waals surface area contributed by atoms with Crippen LogP contribution in [0.3, 0.4) is 0 Å². The van der Waals surface area contributed by atoms with Crippen LogP contribution in [0.25, 0.3) is 0 Å². The monoisotopic (exact) mass is 728 g/mol. The van der Waals surface area contributed by atoms with Crippen LogP contribution < -0.4 is 4.57 Å². The molecule has 2 atom stereocenters. The van der Waals surface area contributed by atoms with Gasteiger partial charge in [-0.15, -0.1) is 0 Å². The highest BCUT2D eigenvalue weighted by molar-refractivity contribution is 4.90. The molecule has 2 heteroatoms. The molecular formula is C50H99N2+. The van der Waals surface area contributed by atoms with E-state index in [2.05, 4.69) is 49.6 Å². The Morgan fingerprint density at radius 3 is 0.904 bits per heavy atom. The molecule has 1 aromatic heterocycles. The van der Waals surface area contributed by atoms with Gasteiger partial charge in [-0.05, 0) is 32.6 Å². The normalized spacial score (nSPS) is 12.9. The minimum absolute atomic E-state index is 0.616. The van der Waals surface area contributed by atoms with E-state index >= 15 is 0 Å². The van der Waals surface area contributed by atoms with Crippen molar-refractivity contribution >= 4 is 0 Å². The second kappa shape index (κ2) is 39.9. The molecule has 0 amide bonds. The zero-order chi connectivity index (χ0) is 37.4. The average molecular weight is 728 g/mol. The smallest absolute Gasteiger partial charge is 0.247 e. The molecule has 0 radical (unpaired) electrons. The number of hydrogen-bond acceptors (Lipinski definition) is 0. The van der Waals surface area contributed by atoms with Crippen LogP contribution in [0.4, 0.5) is 0 Å². The Morgan fingerprint density at radius 2 is 0.615 bits per heavy atom. The van der Waals surface area contributed by atoms with Crippen LogP contribution in [0, 0.1) is 0 Å². The zero-order valence-electron chi connectivity index (χ0n) is 36.7. The number of imidazole rings is 1. The Bertz CT molecular complexity index is 798. The molecule has 1 rings (SSSR count). The third kappa shape index (κ3) is 30.5. The van der Waals surface area contributed by atoms with Crippen molar-refractivity contribution in [1.29, 1.82) is 0 Å². The van der Waals surface area contributed by atoms with Crippen molar-refractivity contribution < 1.29 is 4.57 Å². The highest BCUT2D eigenvalue weighted by Crippen LogP contribution is 2.28. The van der Waals surface area contributed by atoms with Crippen molar-refractivity contribution in [2.24, 2.45) is 0 Å². The summed E-state index contributed by atoms with van der Waals surface area (Å²) in [6.45, 7) is 9.44. The van der Waals surface area contributed by atoms with Gasteiger partial charge in [-0.25, -0.2) is 9.55 Å². The first-order chi connectivity index (χ1) is 25.7. The van der Waals surface area contributed by atoms with Crippen molar-refractivity contribution in [3.8, 4) is 0 Å². The Morgan fingerprint density at radius 1 is 0.365 bits per heavy atom. The van der Waals surface area contributed by atoms with Gasteiger partial charge in [-0.3, -0.25) is 0 Å². The van der Waals surface area contributed by atoms with E-state index in [4.69, 9.17) is 0 Å². The molecule has 0 saturated carbocycles. The quantitative estimate of drug-likeness (QED) is 0.0510. The number of nitrogens with one attached hydrogen (secondary N) is 1. The first-order valence-electron chi connectivity index (χ1n) is 24.8. The molecule has 1 aromatic rings. The summed E-state index contributed by atoms with van der Waals surface area (Å²) in [5.74, 6) is 2.25. The summed E-state index contributed by atoms with van der Waals surface area (Å²) >= 11 is 0. The van der Waals surface area contributed by atoms with Crippen LogP contribution in [-0.4, -0.2) is 4.98 Å². The summed E-state index contributed by atoms with van der Waals surface area (Å²) < 4.78 is 2.66. The minimum atomic E-state index is 0.616. The van der Waals surface area contributed by atoms with Crippen LogP contribution in [0.5, 0.6) is 0 Å². The van der Waals surface area contributed by atoms with E-state index in [-0.39, 0.29) is 0 Å². The molecule has 0 aromatic carbocycles. The highest BCUT2D eigenvalue weighted by Gasteiger charge is 2.25. The van der Waals surface area contributed by atoms with E-state index in [1.54, 1.807) is 5.82 Å². The Labute approximate surface area is 329 Å². The standard InChI is InChI=1S/C50H98N2/c1-5-8-11-14-17-20-23-25-26-27-30-33-36-39-42-45-49(44-41-38-35-32-28-22-19-16-13-10-7-3)50-51-46-47-52(50)48(4)43-40-37-34-31-29-24-21-18-15-12-9-6-2/h46-49H,5-45H2,1-4H3/p+1. The molecule has 0 aliphatic carbocycles. The van der Waals surface area contributed by atoms with Gasteiger partial charge in [0.15, 0.2) is 0 Å². The van der Waals surface area contributed by atoms with Gasteiger partial charge in [0.05, 0.1) is 12.0 Å². The largest absolute Gasteiger partial charge is 0.257 e. The van der Waals surface area contributed by atoms with Gasteiger partial charge < -0.3 is 0 Å². The number of nitrogens with zero attached hydrogens (tertiary/aromatic N) is 1. The molecule has 0 saturated heterocycles. The van der Waals surface area contributed by atoms with E-state index in [1.165, 1.54) is 263 Å². The maximum Gasteiger partial charge on any atom is 0.257 e. The fourth-order valence-electron chi connectivity index (χ4n) is 8.73. The van der Waals surface area contributed by atoms with Gasteiger partial charge in [0.2, 0.25) is 0 Å². The molecule has 1 N–H and O–H groups in total. The molecular weight excluding hydrogens is 629 g/mol. The average Bonchev–Trinajstić information content (AvgIpc) is 3.65. The van der Waals surface area contributed by atoms with Crippen LogP contribution in [0.15, 0.2) is 12.4 Å². The van der Waals surface area contributed by atoms with Crippen LogP contribution in [0.2, 0.25) is 0 Å². The lowest BCUT2D eigenvalue weighted by atomic mass is 9.92. The van der Waals surface area contributed by atoms with Gasteiger partial charge in [0.25, 0.3) is 5.82 Å². The zero-order valence-corrected chi connectivity index (χ0v) is 36.7.